The Morgan fingerprint density at radius 1 is 1.50 bits per heavy atom. The number of nitrogens with two attached hydrogens (primary N) is 1. The van der Waals surface area contributed by atoms with E-state index in [9.17, 15) is 0 Å². The molecule has 0 radical (unpaired) electrons. The molecule has 2 aromatic heterocycles. The topological polar surface area (TPSA) is 69.6 Å². The van der Waals surface area contributed by atoms with E-state index in [0.717, 1.165) is 16.6 Å². The maximum Gasteiger partial charge on any atom is 0.222 e. The Morgan fingerprint density at radius 2 is 2.31 bits per heavy atom. The summed E-state index contributed by atoms with van der Waals surface area (Å²) in [6, 6.07) is 0.271. The third-order valence-corrected chi connectivity index (χ3v) is 3.65. The minimum absolute atomic E-state index is 0.271. The zero-order valence-corrected chi connectivity index (χ0v) is 10.8. The molecule has 0 aromatic carbocycles. The standard InChI is InChI=1S/C9H13N5S2/c1-6(2)14-8(10)12-13-9(14)16-4-7-3-15-5-11-7/h3,5-6H,4H2,1-2H3,(H2,10,12). The number of nitrogens with zero attached hydrogens (tertiary/aromatic N) is 4. The molecular weight excluding hydrogens is 242 g/mol. The van der Waals surface area contributed by atoms with E-state index in [1.54, 1.807) is 23.1 Å². The Hall–Kier alpha value is -1.08. The number of aromatic nitrogens is 4. The van der Waals surface area contributed by atoms with E-state index in [4.69, 9.17) is 5.73 Å². The summed E-state index contributed by atoms with van der Waals surface area (Å²) < 4.78 is 1.93. The predicted octanol–water partition coefficient (Wildman–Crippen LogP) is 2.19. The molecule has 2 heterocycles. The lowest BCUT2D eigenvalue weighted by atomic mass is 10.4. The summed E-state index contributed by atoms with van der Waals surface area (Å²) in [5, 5.41) is 10.8. The van der Waals surface area contributed by atoms with E-state index < -0.39 is 0 Å². The fourth-order valence-electron chi connectivity index (χ4n) is 1.32. The second-order valence-corrected chi connectivity index (χ2v) is 5.23. The lowest BCUT2D eigenvalue weighted by Gasteiger charge is -2.10. The summed E-state index contributed by atoms with van der Waals surface area (Å²) >= 11 is 3.21. The van der Waals surface area contributed by atoms with E-state index in [0.29, 0.717) is 5.95 Å². The number of hydrogen-bond donors (Lipinski definition) is 1. The number of rotatable bonds is 4. The molecule has 7 heteroatoms. The smallest absolute Gasteiger partial charge is 0.222 e. The van der Waals surface area contributed by atoms with Crippen LogP contribution in [-0.2, 0) is 5.75 Å². The van der Waals surface area contributed by atoms with E-state index in [-0.39, 0.29) is 6.04 Å². The second-order valence-electron chi connectivity index (χ2n) is 3.57. The van der Waals surface area contributed by atoms with Gasteiger partial charge in [-0.15, -0.1) is 21.5 Å². The van der Waals surface area contributed by atoms with Gasteiger partial charge in [0.05, 0.1) is 11.2 Å². The molecule has 5 nitrogen and oxygen atoms in total. The summed E-state index contributed by atoms with van der Waals surface area (Å²) in [5.41, 5.74) is 8.65. The van der Waals surface area contributed by atoms with Crippen molar-refractivity contribution in [2.75, 3.05) is 5.73 Å². The summed E-state index contributed by atoms with van der Waals surface area (Å²) in [6.45, 7) is 4.12. The van der Waals surface area contributed by atoms with E-state index in [1.165, 1.54) is 0 Å². The largest absolute Gasteiger partial charge is 0.368 e. The van der Waals surface area contributed by atoms with Crippen LogP contribution >= 0.6 is 23.1 Å². The summed E-state index contributed by atoms with van der Waals surface area (Å²) in [6.07, 6.45) is 0. The van der Waals surface area contributed by atoms with Gasteiger partial charge in [-0.2, -0.15) is 0 Å². The first-order chi connectivity index (χ1) is 7.68. The highest BCUT2D eigenvalue weighted by Crippen LogP contribution is 2.25. The van der Waals surface area contributed by atoms with Crippen molar-refractivity contribution in [1.82, 2.24) is 19.7 Å². The predicted molar refractivity (Wildman–Crippen MR) is 66.5 cm³/mol. The first kappa shape index (κ1) is 11.4. The van der Waals surface area contributed by atoms with Crippen LogP contribution in [0.5, 0.6) is 0 Å². The molecule has 16 heavy (non-hydrogen) atoms. The fraction of sp³-hybridized carbons (Fsp3) is 0.444. The highest BCUT2D eigenvalue weighted by molar-refractivity contribution is 7.98. The molecule has 2 rings (SSSR count). The summed E-state index contributed by atoms with van der Waals surface area (Å²) in [4.78, 5) is 4.22. The lowest BCUT2D eigenvalue weighted by molar-refractivity contribution is 0.557. The Kier molecular flexibility index (Phi) is 3.45. The molecule has 0 aliphatic heterocycles. The van der Waals surface area contributed by atoms with Crippen molar-refractivity contribution in [3.05, 3.63) is 16.6 Å². The van der Waals surface area contributed by atoms with Crippen LogP contribution in [0.4, 0.5) is 5.95 Å². The SMILES string of the molecule is CC(C)n1c(N)nnc1SCc1cscn1. The van der Waals surface area contributed by atoms with Gasteiger partial charge in [-0.25, -0.2) is 4.98 Å². The van der Waals surface area contributed by atoms with Gasteiger partial charge in [-0.3, -0.25) is 4.57 Å². The van der Waals surface area contributed by atoms with Crippen LogP contribution in [0.3, 0.4) is 0 Å². The van der Waals surface area contributed by atoms with Crippen molar-refractivity contribution in [2.24, 2.45) is 0 Å². The van der Waals surface area contributed by atoms with Crippen LogP contribution in [0.25, 0.3) is 0 Å². The quantitative estimate of drug-likeness (QED) is 0.848. The minimum Gasteiger partial charge on any atom is -0.368 e. The summed E-state index contributed by atoms with van der Waals surface area (Å²) in [5.74, 6) is 1.27. The first-order valence-electron chi connectivity index (χ1n) is 4.88. The van der Waals surface area contributed by atoms with E-state index in [1.807, 2.05) is 15.5 Å². The molecule has 0 amide bonds. The Morgan fingerprint density at radius 3 is 2.94 bits per heavy atom. The molecule has 2 aromatic rings. The number of hydrogen-bond acceptors (Lipinski definition) is 6. The molecule has 0 atom stereocenters. The number of anilines is 1. The molecule has 0 aliphatic carbocycles. The molecule has 86 valence electrons. The number of nitrogen functional groups attached to an aromatic ring is 1. The van der Waals surface area contributed by atoms with Crippen LogP contribution in [0.1, 0.15) is 25.6 Å². The van der Waals surface area contributed by atoms with Crippen LogP contribution in [0.2, 0.25) is 0 Å². The summed E-state index contributed by atoms with van der Waals surface area (Å²) in [7, 11) is 0. The third-order valence-electron chi connectivity index (χ3n) is 2.04. The molecule has 0 saturated carbocycles. The third kappa shape index (κ3) is 2.35. The average Bonchev–Trinajstić information content (AvgIpc) is 2.83. The normalized spacial score (nSPS) is 11.2. The van der Waals surface area contributed by atoms with Crippen LogP contribution in [0.15, 0.2) is 16.0 Å². The van der Waals surface area contributed by atoms with Gasteiger partial charge >= 0.3 is 0 Å². The van der Waals surface area contributed by atoms with Gasteiger partial charge in [-0.05, 0) is 13.8 Å². The monoisotopic (exact) mass is 255 g/mol. The van der Waals surface area contributed by atoms with Crippen LogP contribution in [-0.4, -0.2) is 19.7 Å². The van der Waals surface area contributed by atoms with Gasteiger partial charge < -0.3 is 5.73 Å². The Labute approximate surface area is 102 Å². The van der Waals surface area contributed by atoms with Gasteiger partial charge in [0.15, 0.2) is 5.16 Å². The van der Waals surface area contributed by atoms with Gasteiger partial charge in [0.2, 0.25) is 5.95 Å². The molecule has 0 unspecified atom stereocenters. The maximum absolute atomic E-state index is 5.75. The highest BCUT2D eigenvalue weighted by Gasteiger charge is 2.12. The van der Waals surface area contributed by atoms with Gasteiger partial charge in [0.25, 0.3) is 0 Å². The van der Waals surface area contributed by atoms with Crippen molar-refractivity contribution in [3.63, 3.8) is 0 Å². The van der Waals surface area contributed by atoms with Crippen LogP contribution < -0.4 is 5.73 Å². The van der Waals surface area contributed by atoms with Crippen molar-refractivity contribution in [2.45, 2.75) is 30.8 Å². The number of thiazole rings is 1. The maximum atomic E-state index is 5.75. The van der Waals surface area contributed by atoms with Crippen molar-refractivity contribution >= 4 is 29.0 Å². The molecule has 0 aliphatic rings. The van der Waals surface area contributed by atoms with E-state index in [2.05, 4.69) is 29.0 Å². The van der Waals surface area contributed by atoms with E-state index >= 15 is 0 Å². The van der Waals surface area contributed by atoms with Crippen molar-refractivity contribution in [3.8, 4) is 0 Å². The fourth-order valence-corrected chi connectivity index (χ4v) is 2.96. The molecule has 2 N–H and O–H groups in total. The van der Waals surface area contributed by atoms with Gasteiger partial charge in [0, 0.05) is 17.2 Å². The molecule has 0 fully saturated rings. The lowest BCUT2D eigenvalue weighted by Crippen LogP contribution is -2.07. The van der Waals surface area contributed by atoms with Gasteiger partial charge in [0.1, 0.15) is 0 Å². The zero-order chi connectivity index (χ0) is 11.5. The Bertz CT molecular complexity index is 448. The number of thioether (sulfide) groups is 1. The minimum atomic E-state index is 0.271. The van der Waals surface area contributed by atoms with Crippen molar-refractivity contribution in [1.29, 1.82) is 0 Å². The van der Waals surface area contributed by atoms with Crippen molar-refractivity contribution < 1.29 is 0 Å². The second kappa shape index (κ2) is 4.84. The van der Waals surface area contributed by atoms with Gasteiger partial charge in [-0.1, -0.05) is 11.8 Å². The zero-order valence-electron chi connectivity index (χ0n) is 9.12. The highest BCUT2D eigenvalue weighted by atomic mass is 32.2. The Balaban J connectivity index is 2.10. The molecule has 0 saturated heterocycles. The first-order valence-corrected chi connectivity index (χ1v) is 6.81. The molecular formula is C9H13N5S2. The molecule has 0 bridgehead atoms. The molecule has 0 spiro atoms. The van der Waals surface area contributed by atoms with Crippen LogP contribution in [0, 0.1) is 0 Å². The average molecular weight is 255 g/mol.